The van der Waals surface area contributed by atoms with E-state index in [9.17, 15) is 8.42 Å². The molecule has 0 aliphatic rings. The number of fused-ring (bicyclic) bond motifs is 1. The number of halogens is 1. The summed E-state index contributed by atoms with van der Waals surface area (Å²) in [5, 5.41) is 1.53. The van der Waals surface area contributed by atoms with Crippen molar-refractivity contribution < 1.29 is 13.2 Å². The summed E-state index contributed by atoms with van der Waals surface area (Å²) < 4.78 is 32.2. The molecule has 0 aromatic heterocycles. The number of sulfonamides is 1. The maximum Gasteiger partial charge on any atom is 0.217 e. The highest BCUT2D eigenvalue weighted by Gasteiger charge is 2.24. The van der Waals surface area contributed by atoms with Crippen LogP contribution in [0.4, 0.5) is 0 Å². The fourth-order valence-corrected chi connectivity index (χ4v) is 3.49. The molecule has 0 spiro atoms. The van der Waals surface area contributed by atoms with E-state index in [1.54, 1.807) is 6.92 Å². The summed E-state index contributed by atoms with van der Waals surface area (Å²) in [4.78, 5) is 0. The fraction of sp³-hybridized carbons (Fsp3) is 0.375. The number of benzene rings is 2. The Morgan fingerprint density at radius 3 is 2.43 bits per heavy atom. The minimum atomic E-state index is -3.49. The molecule has 2 rings (SSSR count). The maximum atomic E-state index is 12.3. The Kier molecular flexibility index (Phi) is 7.44. The van der Waals surface area contributed by atoms with Gasteiger partial charge < -0.3 is 10.5 Å². The molecule has 2 unspecified atom stereocenters. The number of methoxy groups -OCH3 is 1. The third-order valence-electron chi connectivity index (χ3n) is 3.65. The third-order valence-corrected chi connectivity index (χ3v) is 5.46. The molecule has 0 bridgehead atoms. The van der Waals surface area contributed by atoms with Crippen molar-refractivity contribution in [1.29, 1.82) is 0 Å². The Hall–Kier alpha value is -1.18. The Morgan fingerprint density at radius 2 is 1.83 bits per heavy atom. The third kappa shape index (κ3) is 4.89. The summed E-state index contributed by atoms with van der Waals surface area (Å²) >= 11 is 0. The largest absolute Gasteiger partial charge is 0.383 e. The van der Waals surface area contributed by atoms with Crippen LogP contribution in [0.3, 0.4) is 0 Å². The minimum Gasteiger partial charge on any atom is -0.383 e. The average Bonchev–Trinajstić information content (AvgIpc) is 2.52. The second-order valence-electron chi connectivity index (χ2n) is 5.32. The molecule has 0 radical (unpaired) electrons. The predicted molar refractivity (Wildman–Crippen MR) is 96.4 cm³/mol. The first-order valence-corrected chi connectivity index (χ1v) is 8.71. The molecule has 2 aromatic carbocycles. The van der Waals surface area contributed by atoms with Gasteiger partial charge in [-0.3, -0.25) is 0 Å². The van der Waals surface area contributed by atoms with E-state index in [1.165, 1.54) is 7.11 Å². The number of nitrogens with two attached hydrogens (primary N) is 1. The topological polar surface area (TPSA) is 81.4 Å². The Morgan fingerprint density at radius 1 is 1.17 bits per heavy atom. The summed E-state index contributed by atoms with van der Waals surface area (Å²) in [5.41, 5.74) is 6.63. The highest BCUT2D eigenvalue weighted by molar-refractivity contribution is 7.90. The lowest BCUT2D eigenvalue weighted by Gasteiger charge is -2.21. The Bertz CT molecular complexity index is 737. The van der Waals surface area contributed by atoms with Crippen LogP contribution < -0.4 is 10.5 Å². The summed E-state index contributed by atoms with van der Waals surface area (Å²) in [5.74, 6) is 0. The van der Waals surface area contributed by atoms with Crippen LogP contribution in [0.15, 0.2) is 42.5 Å². The van der Waals surface area contributed by atoms with Gasteiger partial charge >= 0.3 is 0 Å². The van der Waals surface area contributed by atoms with Crippen molar-refractivity contribution in [3.63, 3.8) is 0 Å². The maximum absolute atomic E-state index is 12.3. The molecule has 0 aliphatic carbocycles. The van der Waals surface area contributed by atoms with Crippen LogP contribution in [0, 0.1) is 0 Å². The molecule has 0 aliphatic heterocycles. The lowest BCUT2D eigenvalue weighted by molar-refractivity contribution is 0.200. The molecule has 5 nitrogen and oxygen atoms in total. The van der Waals surface area contributed by atoms with Gasteiger partial charge in [0.15, 0.2) is 0 Å². The summed E-state index contributed by atoms with van der Waals surface area (Å²) in [7, 11) is -2.01. The Balaban J connectivity index is 0.00000264. The molecule has 0 amide bonds. The minimum absolute atomic E-state index is 0. The van der Waals surface area contributed by atoms with Crippen LogP contribution in [0.1, 0.15) is 18.5 Å². The second kappa shape index (κ2) is 8.61. The van der Waals surface area contributed by atoms with Crippen molar-refractivity contribution in [1.82, 2.24) is 4.72 Å². The smallest absolute Gasteiger partial charge is 0.217 e. The monoisotopic (exact) mass is 358 g/mol. The quantitative estimate of drug-likeness (QED) is 0.795. The van der Waals surface area contributed by atoms with E-state index in [4.69, 9.17) is 10.5 Å². The van der Waals surface area contributed by atoms with Gasteiger partial charge in [0.1, 0.15) is 0 Å². The summed E-state index contributed by atoms with van der Waals surface area (Å²) in [6.45, 7) is 1.95. The van der Waals surface area contributed by atoms with E-state index in [1.807, 2.05) is 42.5 Å². The van der Waals surface area contributed by atoms with Crippen molar-refractivity contribution in [2.24, 2.45) is 5.73 Å². The van der Waals surface area contributed by atoms with Crippen LogP contribution in [0.2, 0.25) is 0 Å². The number of rotatable bonds is 7. The Labute approximate surface area is 143 Å². The zero-order valence-electron chi connectivity index (χ0n) is 13.2. The van der Waals surface area contributed by atoms with E-state index in [-0.39, 0.29) is 25.6 Å². The molecular formula is C16H23ClN2O3S. The van der Waals surface area contributed by atoms with Gasteiger partial charge in [-0.2, -0.15) is 0 Å². The first-order chi connectivity index (χ1) is 10.5. The lowest BCUT2D eigenvalue weighted by Crippen LogP contribution is -2.40. The van der Waals surface area contributed by atoms with Gasteiger partial charge in [-0.25, -0.2) is 13.1 Å². The first kappa shape index (κ1) is 19.9. The second-order valence-corrected chi connectivity index (χ2v) is 7.45. The van der Waals surface area contributed by atoms with Crippen molar-refractivity contribution in [2.75, 3.05) is 20.3 Å². The van der Waals surface area contributed by atoms with Gasteiger partial charge in [0.2, 0.25) is 10.0 Å². The van der Waals surface area contributed by atoms with Crippen molar-refractivity contribution in [2.45, 2.75) is 18.2 Å². The molecular weight excluding hydrogens is 336 g/mol. The lowest BCUT2D eigenvalue weighted by atomic mass is 10.0. The molecule has 0 saturated carbocycles. The van der Waals surface area contributed by atoms with Crippen LogP contribution in [-0.4, -0.2) is 33.9 Å². The average molecular weight is 359 g/mol. The van der Waals surface area contributed by atoms with E-state index in [0.717, 1.165) is 16.3 Å². The van der Waals surface area contributed by atoms with Crippen molar-refractivity contribution in [3.8, 4) is 0 Å². The molecule has 0 fully saturated rings. The number of nitrogens with one attached hydrogen (secondary N) is 1. The van der Waals surface area contributed by atoms with Gasteiger partial charge in [0.25, 0.3) is 0 Å². The number of ether oxygens (including phenoxy) is 1. The normalized spacial score (nSPS) is 14.2. The van der Waals surface area contributed by atoms with Gasteiger partial charge in [0.05, 0.1) is 17.9 Å². The molecule has 0 heterocycles. The van der Waals surface area contributed by atoms with Gasteiger partial charge in [-0.1, -0.05) is 36.4 Å². The predicted octanol–water partition coefficient (Wildman–Crippen LogP) is 2.22. The van der Waals surface area contributed by atoms with E-state index < -0.39 is 21.3 Å². The van der Waals surface area contributed by atoms with E-state index in [2.05, 4.69) is 4.72 Å². The van der Waals surface area contributed by atoms with Crippen LogP contribution in [-0.2, 0) is 14.8 Å². The molecule has 7 heteroatoms. The number of hydrogen-bond donors (Lipinski definition) is 2. The number of hydrogen-bond acceptors (Lipinski definition) is 4. The van der Waals surface area contributed by atoms with E-state index in [0.29, 0.717) is 0 Å². The van der Waals surface area contributed by atoms with Crippen LogP contribution in [0.5, 0.6) is 0 Å². The van der Waals surface area contributed by atoms with Crippen molar-refractivity contribution >= 4 is 33.2 Å². The van der Waals surface area contributed by atoms with Gasteiger partial charge in [0, 0.05) is 13.7 Å². The van der Waals surface area contributed by atoms with Crippen LogP contribution in [0.25, 0.3) is 10.8 Å². The SMILES string of the molecule is COCC(C)S(=O)(=O)NC(CN)c1ccc2ccccc2c1.Cl. The van der Waals surface area contributed by atoms with Gasteiger partial charge in [-0.15, -0.1) is 12.4 Å². The van der Waals surface area contributed by atoms with Crippen LogP contribution >= 0.6 is 12.4 Å². The highest BCUT2D eigenvalue weighted by Crippen LogP contribution is 2.21. The molecule has 0 saturated heterocycles. The fourth-order valence-electron chi connectivity index (χ4n) is 2.32. The highest BCUT2D eigenvalue weighted by atomic mass is 35.5. The van der Waals surface area contributed by atoms with Gasteiger partial charge in [-0.05, 0) is 29.3 Å². The van der Waals surface area contributed by atoms with E-state index >= 15 is 0 Å². The summed E-state index contributed by atoms with van der Waals surface area (Å²) in [6, 6.07) is 13.3. The molecule has 3 N–H and O–H groups in total. The molecule has 2 atom stereocenters. The molecule has 2 aromatic rings. The zero-order chi connectivity index (χ0) is 16.2. The summed E-state index contributed by atoms with van der Waals surface area (Å²) in [6.07, 6.45) is 0. The first-order valence-electron chi connectivity index (χ1n) is 7.16. The van der Waals surface area contributed by atoms with Crippen molar-refractivity contribution in [3.05, 3.63) is 48.0 Å². The molecule has 23 heavy (non-hydrogen) atoms. The molecule has 128 valence electrons. The zero-order valence-corrected chi connectivity index (χ0v) is 14.9. The standard InChI is InChI=1S/C16H22N2O3S.ClH/c1-12(11-21-2)22(19,20)18-16(10-17)15-8-7-13-5-3-4-6-14(13)9-15;/h3-9,12,16,18H,10-11,17H2,1-2H3;1H.